The number of primary amides is 1. The van der Waals surface area contributed by atoms with Gasteiger partial charge in [0.05, 0.1) is 0 Å². The minimum absolute atomic E-state index is 0.300. The van der Waals surface area contributed by atoms with Gasteiger partial charge in [0, 0.05) is 11.3 Å². The molecular weight excluding hydrogens is 292 g/mol. The first-order valence-electron chi connectivity index (χ1n) is 7.31. The smallest absolute Gasteiger partial charge is 0.265 e. The van der Waals surface area contributed by atoms with Crippen molar-refractivity contribution in [1.82, 2.24) is 0 Å². The molecule has 1 atom stereocenters. The third kappa shape index (κ3) is 4.57. The van der Waals surface area contributed by atoms with E-state index in [9.17, 15) is 9.59 Å². The molecule has 23 heavy (non-hydrogen) atoms. The van der Waals surface area contributed by atoms with Crippen molar-refractivity contribution in [1.29, 1.82) is 0 Å². The largest absolute Gasteiger partial charge is 0.481 e. The molecule has 0 aliphatic rings. The Morgan fingerprint density at radius 3 is 2.35 bits per heavy atom. The Kier molecular flexibility index (Phi) is 5.01. The van der Waals surface area contributed by atoms with E-state index in [1.165, 1.54) is 6.07 Å². The van der Waals surface area contributed by atoms with Crippen molar-refractivity contribution in [2.45, 2.75) is 26.9 Å². The summed E-state index contributed by atoms with van der Waals surface area (Å²) in [6.07, 6.45) is -0.673. The van der Waals surface area contributed by atoms with Gasteiger partial charge in [0.1, 0.15) is 5.75 Å². The number of carbonyl (C=O) groups is 2. The van der Waals surface area contributed by atoms with Gasteiger partial charge in [0.15, 0.2) is 6.10 Å². The van der Waals surface area contributed by atoms with Crippen molar-refractivity contribution in [2.75, 3.05) is 5.32 Å². The molecular formula is C18H20N2O3. The van der Waals surface area contributed by atoms with Gasteiger partial charge in [-0.25, -0.2) is 0 Å². The molecule has 2 amide bonds. The lowest BCUT2D eigenvalue weighted by Crippen LogP contribution is -2.30. The van der Waals surface area contributed by atoms with Gasteiger partial charge in [-0.15, -0.1) is 0 Å². The van der Waals surface area contributed by atoms with Crippen LogP contribution in [0.15, 0.2) is 42.5 Å². The second kappa shape index (κ2) is 6.96. The molecule has 0 unspecified atom stereocenters. The molecule has 120 valence electrons. The Morgan fingerprint density at radius 1 is 1.09 bits per heavy atom. The summed E-state index contributed by atoms with van der Waals surface area (Å²) >= 11 is 0. The van der Waals surface area contributed by atoms with Crippen LogP contribution in [0.5, 0.6) is 5.75 Å². The summed E-state index contributed by atoms with van der Waals surface area (Å²) in [5.74, 6) is -0.192. The van der Waals surface area contributed by atoms with E-state index >= 15 is 0 Å². The number of hydrogen-bond acceptors (Lipinski definition) is 3. The van der Waals surface area contributed by atoms with E-state index in [1.807, 2.05) is 32.0 Å². The summed E-state index contributed by atoms with van der Waals surface area (Å²) in [4.78, 5) is 23.4. The Labute approximate surface area is 135 Å². The highest BCUT2D eigenvalue weighted by Gasteiger charge is 2.15. The zero-order valence-electron chi connectivity index (χ0n) is 13.4. The molecule has 5 heteroatoms. The van der Waals surface area contributed by atoms with E-state index in [2.05, 4.69) is 5.32 Å². The monoisotopic (exact) mass is 312 g/mol. The van der Waals surface area contributed by atoms with Gasteiger partial charge in [0.25, 0.3) is 5.91 Å². The van der Waals surface area contributed by atoms with E-state index in [0.717, 1.165) is 11.1 Å². The van der Waals surface area contributed by atoms with E-state index in [-0.39, 0.29) is 5.91 Å². The Bertz CT molecular complexity index is 721. The Balaban J connectivity index is 2.05. The highest BCUT2D eigenvalue weighted by Crippen LogP contribution is 2.18. The molecule has 0 radical (unpaired) electrons. The number of ether oxygens (including phenoxy) is 1. The number of anilines is 1. The highest BCUT2D eigenvalue weighted by atomic mass is 16.5. The zero-order chi connectivity index (χ0) is 17.0. The number of rotatable bonds is 5. The minimum atomic E-state index is -0.673. The van der Waals surface area contributed by atoms with Gasteiger partial charge in [0.2, 0.25) is 5.91 Å². The molecule has 0 heterocycles. The summed E-state index contributed by atoms with van der Waals surface area (Å²) in [5.41, 5.74) is 8.21. The first kappa shape index (κ1) is 16.5. The summed E-state index contributed by atoms with van der Waals surface area (Å²) in [6.45, 7) is 5.62. The average Bonchev–Trinajstić information content (AvgIpc) is 2.46. The predicted molar refractivity (Wildman–Crippen MR) is 89.6 cm³/mol. The van der Waals surface area contributed by atoms with Gasteiger partial charge in [-0.3, -0.25) is 9.59 Å². The molecule has 0 fully saturated rings. The molecule has 5 nitrogen and oxygen atoms in total. The van der Waals surface area contributed by atoms with Crippen LogP contribution in [-0.4, -0.2) is 17.9 Å². The number of carbonyl (C=O) groups excluding carboxylic acids is 2. The Hall–Kier alpha value is -2.82. The fourth-order valence-corrected chi connectivity index (χ4v) is 2.25. The van der Waals surface area contributed by atoms with Crippen LogP contribution in [0.1, 0.15) is 28.4 Å². The molecule has 3 N–H and O–H groups in total. The summed E-state index contributed by atoms with van der Waals surface area (Å²) < 4.78 is 5.68. The molecule has 0 saturated heterocycles. The maximum atomic E-state index is 12.2. The van der Waals surface area contributed by atoms with Crippen molar-refractivity contribution in [2.24, 2.45) is 5.73 Å². The average molecular weight is 312 g/mol. The third-order valence-electron chi connectivity index (χ3n) is 3.29. The van der Waals surface area contributed by atoms with Gasteiger partial charge < -0.3 is 15.8 Å². The standard InChI is InChI=1S/C18H20N2O3/c1-11-7-12(2)9-16(8-11)23-13(3)18(22)20-15-6-4-5-14(10-15)17(19)21/h4-10,13H,1-3H3,(H2,19,21)(H,20,22)/t13-/m1/s1. The van der Waals surface area contributed by atoms with Crippen molar-refractivity contribution in [3.63, 3.8) is 0 Å². The van der Waals surface area contributed by atoms with Crippen LogP contribution < -0.4 is 15.8 Å². The zero-order valence-corrected chi connectivity index (χ0v) is 13.4. The van der Waals surface area contributed by atoms with Gasteiger partial charge in [-0.2, -0.15) is 0 Å². The van der Waals surface area contributed by atoms with Crippen molar-refractivity contribution in [3.05, 3.63) is 59.2 Å². The van der Waals surface area contributed by atoms with E-state index < -0.39 is 12.0 Å². The van der Waals surface area contributed by atoms with E-state index in [1.54, 1.807) is 25.1 Å². The number of amides is 2. The summed E-state index contributed by atoms with van der Waals surface area (Å²) in [7, 11) is 0. The fraction of sp³-hybridized carbons (Fsp3) is 0.222. The molecule has 2 aromatic carbocycles. The van der Waals surface area contributed by atoms with E-state index in [4.69, 9.17) is 10.5 Å². The van der Waals surface area contributed by atoms with Crippen LogP contribution in [0.25, 0.3) is 0 Å². The molecule has 0 bridgehead atoms. The molecule has 0 aromatic heterocycles. The van der Waals surface area contributed by atoms with Crippen LogP contribution in [0, 0.1) is 13.8 Å². The lowest BCUT2D eigenvalue weighted by Gasteiger charge is -2.16. The molecule has 0 saturated carbocycles. The normalized spacial score (nSPS) is 11.6. The minimum Gasteiger partial charge on any atom is -0.481 e. The lowest BCUT2D eigenvalue weighted by molar-refractivity contribution is -0.122. The maximum Gasteiger partial charge on any atom is 0.265 e. The van der Waals surface area contributed by atoms with Crippen LogP contribution in [0.4, 0.5) is 5.69 Å². The van der Waals surface area contributed by atoms with Crippen molar-refractivity contribution in [3.8, 4) is 5.75 Å². The van der Waals surface area contributed by atoms with Crippen LogP contribution in [0.2, 0.25) is 0 Å². The quantitative estimate of drug-likeness (QED) is 0.890. The molecule has 0 aliphatic carbocycles. The molecule has 2 rings (SSSR count). The van der Waals surface area contributed by atoms with Crippen LogP contribution in [-0.2, 0) is 4.79 Å². The predicted octanol–water partition coefficient (Wildman–Crippen LogP) is 2.81. The van der Waals surface area contributed by atoms with Gasteiger partial charge >= 0.3 is 0 Å². The van der Waals surface area contributed by atoms with Crippen molar-refractivity contribution < 1.29 is 14.3 Å². The molecule has 0 aliphatic heterocycles. The highest BCUT2D eigenvalue weighted by molar-refractivity contribution is 5.97. The number of nitrogens with two attached hydrogens (primary N) is 1. The first-order chi connectivity index (χ1) is 10.8. The number of hydrogen-bond donors (Lipinski definition) is 2. The third-order valence-corrected chi connectivity index (χ3v) is 3.29. The van der Waals surface area contributed by atoms with Crippen molar-refractivity contribution >= 4 is 17.5 Å². The summed E-state index contributed by atoms with van der Waals surface area (Å²) in [5, 5.41) is 2.71. The van der Waals surface area contributed by atoms with Crippen LogP contribution in [0.3, 0.4) is 0 Å². The first-order valence-corrected chi connectivity index (χ1v) is 7.31. The van der Waals surface area contributed by atoms with Crippen LogP contribution >= 0.6 is 0 Å². The number of benzene rings is 2. The second-order valence-electron chi connectivity index (χ2n) is 5.52. The second-order valence-corrected chi connectivity index (χ2v) is 5.52. The number of aryl methyl sites for hydroxylation is 2. The topological polar surface area (TPSA) is 81.4 Å². The molecule has 2 aromatic rings. The summed E-state index contributed by atoms with van der Waals surface area (Å²) in [6, 6.07) is 12.3. The Morgan fingerprint density at radius 2 is 1.74 bits per heavy atom. The SMILES string of the molecule is Cc1cc(C)cc(O[C@H](C)C(=O)Nc2cccc(C(N)=O)c2)c1. The molecule has 0 spiro atoms. The van der Waals surface area contributed by atoms with Gasteiger partial charge in [-0.1, -0.05) is 12.1 Å². The van der Waals surface area contributed by atoms with E-state index in [0.29, 0.717) is 17.0 Å². The fourth-order valence-electron chi connectivity index (χ4n) is 2.25. The number of nitrogens with one attached hydrogen (secondary N) is 1. The maximum absolute atomic E-state index is 12.2. The lowest BCUT2D eigenvalue weighted by atomic mass is 10.1. The van der Waals surface area contributed by atoms with Gasteiger partial charge in [-0.05, 0) is 62.2 Å².